The van der Waals surface area contributed by atoms with Gasteiger partial charge in [0.2, 0.25) is 5.78 Å². The Morgan fingerprint density at radius 3 is 2.64 bits per heavy atom. The average Bonchev–Trinajstić information content (AvgIpc) is 3.36. The highest BCUT2D eigenvalue weighted by atomic mass is 16.6. The number of carbonyl (C=O) groups is 2. The number of esters is 1. The lowest BCUT2D eigenvalue weighted by Gasteiger charge is -2.18. The van der Waals surface area contributed by atoms with Gasteiger partial charge in [-0.15, -0.1) is 0 Å². The average molecular weight is 342 g/mol. The third kappa shape index (κ3) is 3.96. The molecule has 0 aliphatic heterocycles. The number of ether oxygens (including phenoxy) is 2. The third-order valence-corrected chi connectivity index (χ3v) is 4.53. The van der Waals surface area contributed by atoms with Crippen LogP contribution in [-0.4, -0.2) is 41.1 Å². The van der Waals surface area contributed by atoms with Crippen LogP contribution in [0.1, 0.15) is 41.9 Å². The quantitative estimate of drug-likeness (QED) is 0.545. The smallest absolute Gasteiger partial charge is 0.335 e. The van der Waals surface area contributed by atoms with E-state index in [4.69, 9.17) is 9.47 Å². The van der Waals surface area contributed by atoms with Gasteiger partial charge in [-0.1, -0.05) is 30.3 Å². The van der Waals surface area contributed by atoms with Crippen molar-refractivity contribution in [1.29, 1.82) is 0 Å². The Bertz CT molecular complexity index is 737. The standard InChI is InChI=1S/C19H22N2O4/c1-13(14-6-4-3-5-7-14)21-12-20-10-16(21)17(22)11-25-18(15-8-9-15)19(23)24-2/h3-7,10,12-13,15,18H,8-9,11H2,1-2H3/t13-,18?/m1/s1. The van der Waals surface area contributed by atoms with Crippen LogP contribution >= 0.6 is 0 Å². The van der Waals surface area contributed by atoms with E-state index in [9.17, 15) is 9.59 Å². The summed E-state index contributed by atoms with van der Waals surface area (Å²) in [5.41, 5.74) is 1.55. The molecule has 0 radical (unpaired) electrons. The summed E-state index contributed by atoms with van der Waals surface area (Å²) in [5, 5.41) is 0. The predicted octanol–water partition coefficient (Wildman–Crippen LogP) is 2.64. The molecule has 1 aromatic heterocycles. The molecule has 0 saturated heterocycles. The Hall–Kier alpha value is -2.47. The van der Waals surface area contributed by atoms with Crippen LogP contribution in [0.3, 0.4) is 0 Å². The number of rotatable bonds is 8. The first kappa shape index (κ1) is 17.4. The van der Waals surface area contributed by atoms with E-state index in [1.807, 2.05) is 41.8 Å². The van der Waals surface area contributed by atoms with Crippen LogP contribution in [0.5, 0.6) is 0 Å². The Balaban J connectivity index is 1.69. The van der Waals surface area contributed by atoms with E-state index < -0.39 is 12.1 Å². The molecule has 132 valence electrons. The van der Waals surface area contributed by atoms with Crippen molar-refractivity contribution in [1.82, 2.24) is 9.55 Å². The first-order chi connectivity index (χ1) is 12.1. The number of imidazole rings is 1. The van der Waals surface area contributed by atoms with Gasteiger partial charge in [0.15, 0.2) is 6.10 Å². The van der Waals surface area contributed by atoms with Gasteiger partial charge in [-0.05, 0) is 31.2 Å². The highest BCUT2D eigenvalue weighted by Crippen LogP contribution is 2.35. The van der Waals surface area contributed by atoms with E-state index in [0.717, 1.165) is 18.4 Å². The van der Waals surface area contributed by atoms with Crippen molar-refractivity contribution >= 4 is 11.8 Å². The van der Waals surface area contributed by atoms with Crippen molar-refractivity contribution in [3.8, 4) is 0 Å². The van der Waals surface area contributed by atoms with Crippen molar-refractivity contribution in [2.45, 2.75) is 31.9 Å². The SMILES string of the molecule is COC(=O)C(OCC(=O)c1cncn1[C@H](C)c1ccccc1)C1CC1. The molecule has 0 spiro atoms. The zero-order valence-corrected chi connectivity index (χ0v) is 14.4. The van der Waals surface area contributed by atoms with E-state index in [-0.39, 0.29) is 24.3 Å². The molecule has 0 N–H and O–H groups in total. The summed E-state index contributed by atoms with van der Waals surface area (Å²) >= 11 is 0. The summed E-state index contributed by atoms with van der Waals surface area (Å²) in [7, 11) is 1.33. The van der Waals surface area contributed by atoms with E-state index in [0.29, 0.717) is 5.69 Å². The van der Waals surface area contributed by atoms with Gasteiger partial charge in [-0.3, -0.25) is 4.79 Å². The minimum Gasteiger partial charge on any atom is -0.467 e. The lowest BCUT2D eigenvalue weighted by atomic mass is 10.1. The maximum atomic E-state index is 12.6. The molecule has 1 aliphatic carbocycles. The van der Waals surface area contributed by atoms with Gasteiger partial charge in [0, 0.05) is 0 Å². The fourth-order valence-corrected chi connectivity index (χ4v) is 2.87. The number of aromatic nitrogens is 2. The first-order valence-corrected chi connectivity index (χ1v) is 8.41. The van der Waals surface area contributed by atoms with Gasteiger partial charge >= 0.3 is 5.97 Å². The lowest BCUT2D eigenvalue weighted by Crippen LogP contribution is -2.30. The Labute approximate surface area is 146 Å². The van der Waals surface area contributed by atoms with Crippen LogP contribution in [0, 0.1) is 5.92 Å². The molecule has 6 heteroatoms. The highest BCUT2D eigenvalue weighted by molar-refractivity contribution is 5.95. The van der Waals surface area contributed by atoms with E-state index in [1.165, 1.54) is 13.3 Å². The minimum absolute atomic E-state index is 0.0255. The summed E-state index contributed by atoms with van der Waals surface area (Å²) in [5.74, 6) is -0.454. The number of carbonyl (C=O) groups excluding carboxylic acids is 2. The minimum atomic E-state index is -0.656. The second kappa shape index (κ2) is 7.61. The molecule has 1 aromatic carbocycles. The van der Waals surface area contributed by atoms with Gasteiger partial charge < -0.3 is 14.0 Å². The topological polar surface area (TPSA) is 70.4 Å². The number of nitrogens with zero attached hydrogens (tertiary/aromatic N) is 2. The normalized spacial score (nSPS) is 16.2. The van der Waals surface area contributed by atoms with Gasteiger partial charge in [0.25, 0.3) is 0 Å². The number of hydrogen-bond donors (Lipinski definition) is 0. The predicted molar refractivity (Wildman–Crippen MR) is 91.3 cm³/mol. The summed E-state index contributed by atoms with van der Waals surface area (Å²) in [4.78, 5) is 28.5. The Morgan fingerprint density at radius 1 is 1.28 bits per heavy atom. The molecule has 1 unspecified atom stereocenters. The summed E-state index contributed by atoms with van der Waals surface area (Å²) in [6, 6.07) is 9.87. The van der Waals surface area contributed by atoms with Crippen LogP contribution in [0.2, 0.25) is 0 Å². The van der Waals surface area contributed by atoms with Crippen LogP contribution < -0.4 is 0 Å². The van der Waals surface area contributed by atoms with Gasteiger partial charge in [0.05, 0.1) is 25.7 Å². The van der Waals surface area contributed by atoms with E-state index in [1.54, 1.807) is 6.33 Å². The van der Waals surface area contributed by atoms with E-state index >= 15 is 0 Å². The number of Topliss-reactive ketones (excluding diaryl/α,β-unsaturated/α-hetero) is 1. The summed E-state index contributed by atoms with van der Waals surface area (Å²) in [6.07, 6.45) is 4.38. The Morgan fingerprint density at radius 2 is 2.00 bits per heavy atom. The summed E-state index contributed by atoms with van der Waals surface area (Å²) in [6.45, 7) is 1.85. The second-order valence-electron chi connectivity index (χ2n) is 6.29. The number of benzene rings is 1. The molecule has 3 rings (SSSR count). The number of ketones is 1. The van der Waals surface area contributed by atoms with Crippen molar-refractivity contribution in [2.75, 3.05) is 13.7 Å². The van der Waals surface area contributed by atoms with Gasteiger partial charge in [-0.25, -0.2) is 9.78 Å². The number of methoxy groups -OCH3 is 1. The zero-order valence-electron chi connectivity index (χ0n) is 14.4. The van der Waals surface area contributed by atoms with Crippen molar-refractivity contribution < 1.29 is 19.1 Å². The molecule has 25 heavy (non-hydrogen) atoms. The highest BCUT2D eigenvalue weighted by Gasteiger charge is 2.38. The van der Waals surface area contributed by atoms with E-state index in [2.05, 4.69) is 4.98 Å². The molecule has 6 nitrogen and oxygen atoms in total. The molecule has 1 aliphatic rings. The molecule has 1 saturated carbocycles. The largest absolute Gasteiger partial charge is 0.467 e. The summed E-state index contributed by atoms with van der Waals surface area (Å²) < 4.78 is 12.2. The molecule has 1 fully saturated rings. The van der Waals surface area contributed by atoms with Crippen LogP contribution in [0.15, 0.2) is 42.9 Å². The lowest BCUT2D eigenvalue weighted by molar-refractivity contribution is -0.154. The zero-order chi connectivity index (χ0) is 17.8. The maximum Gasteiger partial charge on any atom is 0.335 e. The first-order valence-electron chi connectivity index (χ1n) is 8.41. The molecule has 2 atom stereocenters. The third-order valence-electron chi connectivity index (χ3n) is 4.53. The molecular formula is C19H22N2O4. The molecule has 0 amide bonds. The van der Waals surface area contributed by atoms with Crippen LogP contribution in [0.25, 0.3) is 0 Å². The van der Waals surface area contributed by atoms with Crippen molar-refractivity contribution in [3.05, 3.63) is 54.1 Å². The van der Waals surface area contributed by atoms with Gasteiger partial charge in [-0.2, -0.15) is 0 Å². The molecule has 0 bridgehead atoms. The van der Waals surface area contributed by atoms with Crippen LogP contribution in [0.4, 0.5) is 0 Å². The number of hydrogen-bond acceptors (Lipinski definition) is 5. The second-order valence-corrected chi connectivity index (χ2v) is 6.29. The van der Waals surface area contributed by atoms with Crippen LogP contribution in [-0.2, 0) is 14.3 Å². The monoisotopic (exact) mass is 342 g/mol. The fourth-order valence-electron chi connectivity index (χ4n) is 2.87. The Kier molecular flexibility index (Phi) is 5.28. The van der Waals surface area contributed by atoms with Crippen molar-refractivity contribution in [3.63, 3.8) is 0 Å². The molecule has 1 heterocycles. The maximum absolute atomic E-state index is 12.6. The van der Waals surface area contributed by atoms with Crippen molar-refractivity contribution in [2.24, 2.45) is 5.92 Å². The molecule has 2 aromatic rings. The fraction of sp³-hybridized carbons (Fsp3) is 0.421. The molecular weight excluding hydrogens is 320 g/mol. The van der Waals surface area contributed by atoms with Gasteiger partial charge in [0.1, 0.15) is 12.3 Å².